The third-order valence-corrected chi connectivity index (χ3v) is 4.49. The molecule has 0 bridgehead atoms. The zero-order valence-corrected chi connectivity index (χ0v) is 20.3. The number of ether oxygens (including phenoxy) is 2. The summed E-state index contributed by atoms with van der Waals surface area (Å²) < 4.78 is 10.8. The van der Waals surface area contributed by atoms with Crippen molar-refractivity contribution in [3.8, 4) is 11.5 Å². The molecule has 2 aromatic rings. The van der Waals surface area contributed by atoms with Crippen molar-refractivity contribution in [3.05, 3.63) is 59.7 Å². The Balaban J connectivity index is 0.00000420. The summed E-state index contributed by atoms with van der Waals surface area (Å²) in [5.74, 6) is 2.27. The Hall–Kier alpha value is -2.00. The van der Waals surface area contributed by atoms with Gasteiger partial charge in [0.25, 0.3) is 0 Å². The smallest absolute Gasteiger partial charge is 0.191 e. The van der Waals surface area contributed by atoms with Gasteiger partial charge in [-0.05, 0) is 44.3 Å². The second kappa shape index (κ2) is 13.3. The molecule has 0 saturated carbocycles. The topological polar surface area (TPSA) is 58.1 Å². The van der Waals surface area contributed by atoms with Crippen LogP contribution in [0.2, 0.25) is 0 Å². The van der Waals surface area contributed by atoms with Gasteiger partial charge in [-0.2, -0.15) is 0 Å². The maximum atomic E-state index is 5.46. The van der Waals surface area contributed by atoms with Crippen LogP contribution < -0.4 is 20.1 Å². The second-order valence-electron chi connectivity index (χ2n) is 6.66. The highest BCUT2D eigenvalue weighted by atomic mass is 127. The van der Waals surface area contributed by atoms with Gasteiger partial charge in [0.15, 0.2) is 17.5 Å². The van der Waals surface area contributed by atoms with Gasteiger partial charge in [0, 0.05) is 13.1 Å². The largest absolute Gasteiger partial charge is 0.493 e. The number of nitrogens with one attached hydrogen (secondary N) is 2. The lowest BCUT2D eigenvalue weighted by molar-refractivity contribution is 0.295. The third-order valence-electron chi connectivity index (χ3n) is 4.49. The molecule has 0 radical (unpaired) electrons. The van der Waals surface area contributed by atoms with E-state index in [4.69, 9.17) is 14.5 Å². The van der Waals surface area contributed by atoms with Crippen LogP contribution in [-0.4, -0.2) is 52.3 Å². The summed E-state index contributed by atoms with van der Waals surface area (Å²) in [5.41, 5.74) is 2.33. The third kappa shape index (κ3) is 7.74. The minimum Gasteiger partial charge on any atom is -0.493 e. The van der Waals surface area contributed by atoms with E-state index in [0.29, 0.717) is 13.1 Å². The first-order valence-electron chi connectivity index (χ1n) is 9.53. The highest BCUT2D eigenvalue weighted by Crippen LogP contribution is 2.31. The Morgan fingerprint density at radius 2 is 1.69 bits per heavy atom. The number of aliphatic imine (C=N–C) groups is 1. The summed E-state index contributed by atoms with van der Waals surface area (Å²) >= 11 is 0. The first-order chi connectivity index (χ1) is 13.6. The number of likely N-dealkylation sites (N-methyl/N-ethyl adjacent to an activating group) is 1. The molecule has 2 rings (SSSR count). The number of methoxy groups -OCH3 is 2. The molecule has 0 aliphatic rings. The molecule has 0 saturated heterocycles. The standard InChI is InChI=1S/C22H32N4O2.HI/c1-6-23-22(24-15-17-10-8-7-9-11-17)25-16-19(26(2)3)18-12-13-20(27-4)21(14-18)28-5;/h7-14,19H,6,15-16H2,1-5H3,(H2,23,24,25);1H. The van der Waals surface area contributed by atoms with E-state index in [1.54, 1.807) is 14.2 Å². The van der Waals surface area contributed by atoms with E-state index in [2.05, 4.69) is 54.8 Å². The van der Waals surface area contributed by atoms with Crippen molar-refractivity contribution in [2.45, 2.75) is 19.5 Å². The maximum absolute atomic E-state index is 5.46. The van der Waals surface area contributed by atoms with E-state index in [9.17, 15) is 0 Å². The Labute approximate surface area is 191 Å². The van der Waals surface area contributed by atoms with Gasteiger partial charge in [-0.25, -0.2) is 4.99 Å². The molecule has 0 fully saturated rings. The normalized spacial score (nSPS) is 12.1. The van der Waals surface area contributed by atoms with Gasteiger partial charge in [-0.1, -0.05) is 36.4 Å². The first-order valence-corrected chi connectivity index (χ1v) is 9.53. The van der Waals surface area contributed by atoms with Crippen LogP contribution in [0.5, 0.6) is 11.5 Å². The van der Waals surface area contributed by atoms with Crippen LogP contribution in [0.15, 0.2) is 53.5 Å². The molecule has 0 aliphatic heterocycles. The highest BCUT2D eigenvalue weighted by Gasteiger charge is 2.17. The van der Waals surface area contributed by atoms with E-state index in [-0.39, 0.29) is 30.0 Å². The van der Waals surface area contributed by atoms with Crippen LogP contribution >= 0.6 is 24.0 Å². The lowest BCUT2D eigenvalue weighted by Gasteiger charge is -2.26. The van der Waals surface area contributed by atoms with Crippen molar-refractivity contribution in [1.82, 2.24) is 15.5 Å². The average Bonchev–Trinajstić information content (AvgIpc) is 2.72. The fourth-order valence-corrected chi connectivity index (χ4v) is 2.95. The van der Waals surface area contributed by atoms with Crippen molar-refractivity contribution in [2.75, 3.05) is 41.4 Å². The van der Waals surface area contributed by atoms with Crippen LogP contribution in [-0.2, 0) is 6.54 Å². The van der Waals surface area contributed by atoms with E-state index < -0.39 is 0 Å². The van der Waals surface area contributed by atoms with Crippen LogP contribution in [0.1, 0.15) is 24.1 Å². The lowest BCUT2D eigenvalue weighted by Crippen LogP contribution is -2.41. The summed E-state index contributed by atoms with van der Waals surface area (Å²) in [6, 6.07) is 16.4. The summed E-state index contributed by atoms with van der Waals surface area (Å²) in [5, 5.41) is 6.78. The molecule has 0 heterocycles. The van der Waals surface area contributed by atoms with E-state index >= 15 is 0 Å². The van der Waals surface area contributed by atoms with Crippen LogP contribution in [0.3, 0.4) is 0 Å². The molecule has 1 atom stereocenters. The van der Waals surface area contributed by atoms with Crippen molar-refractivity contribution in [3.63, 3.8) is 0 Å². The maximum Gasteiger partial charge on any atom is 0.191 e. The zero-order chi connectivity index (χ0) is 20.4. The van der Waals surface area contributed by atoms with Crippen molar-refractivity contribution in [1.29, 1.82) is 0 Å². The van der Waals surface area contributed by atoms with Gasteiger partial charge in [0.1, 0.15) is 0 Å². The molecule has 160 valence electrons. The average molecular weight is 512 g/mol. The molecule has 0 aliphatic carbocycles. The van der Waals surface area contributed by atoms with Crippen LogP contribution in [0.25, 0.3) is 0 Å². The summed E-state index contributed by atoms with van der Waals surface area (Å²) in [7, 11) is 7.44. The minimum atomic E-state index is 0. The number of rotatable bonds is 9. The molecule has 0 aromatic heterocycles. The molecule has 1 unspecified atom stereocenters. The molecular weight excluding hydrogens is 479 g/mol. The van der Waals surface area contributed by atoms with Gasteiger partial charge >= 0.3 is 0 Å². The van der Waals surface area contributed by atoms with E-state index in [1.807, 2.05) is 30.3 Å². The Morgan fingerprint density at radius 1 is 1.00 bits per heavy atom. The number of nitrogens with zero attached hydrogens (tertiary/aromatic N) is 2. The van der Waals surface area contributed by atoms with Gasteiger partial charge in [0.2, 0.25) is 0 Å². The number of benzene rings is 2. The number of guanidine groups is 1. The zero-order valence-electron chi connectivity index (χ0n) is 17.9. The van der Waals surface area contributed by atoms with Crippen LogP contribution in [0, 0.1) is 0 Å². The van der Waals surface area contributed by atoms with E-state index in [1.165, 1.54) is 5.56 Å². The first kappa shape index (κ1) is 25.0. The van der Waals surface area contributed by atoms with Crippen LogP contribution in [0.4, 0.5) is 0 Å². The van der Waals surface area contributed by atoms with Gasteiger partial charge < -0.3 is 25.0 Å². The Bertz CT molecular complexity index is 754. The number of hydrogen-bond acceptors (Lipinski definition) is 4. The van der Waals surface area contributed by atoms with Crippen molar-refractivity contribution >= 4 is 29.9 Å². The Kier molecular flexibility index (Phi) is 11.5. The van der Waals surface area contributed by atoms with Crippen molar-refractivity contribution < 1.29 is 9.47 Å². The summed E-state index contributed by atoms with van der Waals surface area (Å²) in [4.78, 5) is 6.88. The van der Waals surface area contributed by atoms with Gasteiger partial charge in [-0.15, -0.1) is 24.0 Å². The summed E-state index contributed by atoms with van der Waals surface area (Å²) in [6.07, 6.45) is 0. The molecule has 6 nitrogen and oxygen atoms in total. The molecule has 2 N–H and O–H groups in total. The molecule has 7 heteroatoms. The molecule has 0 spiro atoms. The van der Waals surface area contributed by atoms with Gasteiger partial charge in [0.05, 0.1) is 26.8 Å². The fourth-order valence-electron chi connectivity index (χ4n) is 2.95. The Morgan fingerprint density at radius 3 is 2.28 bits per heavy atom. The predicted molar refractivity (Wildman–Crippen MR) is 131 cm³/mol. The van der Waals surface area contributed by atoms with E-state index in [0.717, 1.165) is 29.6 Å². The fraction of sp³-hybridized carbons (Fsp3) is 0.409. The predicted octanol–water partition coefficient (Wildman–Crippen LogP) is 3.68. The van der Waals surface area contributed by atoms with Crippen molar-refractivity contribution in [2.24, 2.45) is 4.99 Å². The molecule has 0 amide bonds. The SMILES string of the molecule is CCNC(=NCc1ccccc1)NCC(c1ccc(OC)c(OC)c1)N(C)C.I. The van der Waals surface area contributed by atoms with Gasteiger partial charge in [-0.3, -0.25) is 0 Å². The minimum absolute atomic E-state index is 0. The molecule has 2 aromatic carbocycles. The molecular formula is C22H33IN4O2. The summed E-state index contributed by atoms with van der Waals surface area (Å²) in [6.45, 7) is 4.23. The second-order valence-corrected chi connectivity index (χ2v) is 6.66. The highest BCUT2D eigenvalue weighted by molar-refractivity contribution is 14.0. The number of hydrogen-bond donors (Lipinski definition) is 2. The quantitative estimate of drug-likeness (QED) is 0.305. The lowest BCUT2D eigenvalue weighted by atomic mass is 10.1. The number of halogens is 1. The molecule has 29 heavy (non-hydrogen) atoms. The monoisotopic (exact) mass is 512 g/mol.